The molecule has 17 heavy (non-hydrogen) atoms. The molecule has 0 aromatic carbocycles. The Morgan fingerprint density at radius 1 is 1.59 bits per heavy atom. The maximum Gasteiger partial charge on any atom is 0.297 e. The van der Waals surface area contributed by atoms with E-state index in [-0.39, 0.29) is 11.7 Å². The van der Waals surface area contributed by atoms with Gasteiger partial charge in [0, 0.05) is 13.1 Å². The van der Waals surface area contributed by atoms with Crippen LogP contribution < -0.4 is 10.2 Å². The van der Waals surface area contributed by atoms with Crippen molar-refractivity contribution in [2.24, 2.45) is 0 Å². The second-order valence-corrected chi connectivity index (χ2v) is 5.22. The summed E-state index contributed by atoms with van der Waals surface area (Å²) in [4.78, 5) is 6.61. The van der Waals surface area contributed by atoms with Gasteiger partial charge >= 0.3 is 0 Å². The van der Waals surface area contributed by atoms with Crippen LogP contribution in [0.25, 0.3) is 0 Å². The van der Waals surface area contributed by atoms with Crippen LogP contribution in [0.2, 0.25) is 0 Å². The predicted molar refractivity (Wildman–Crippen MR) is 66.1 cm³/mol. The Bertz CT molecular complexity index is 376. The molecule has 0 amide bonds. The van der Waals surface area contributed by atoms with E-state index in [0.717, 1.165) is 25.3 Å². The molecule has 1 aromatic rings. The van der Waals surface area contributed by atoms with Gasteiger partial charge < -0.3 is 19.4 Å². The minimum absolute atomic E-state index is 0.157. The molecular formula is C12H21N3O2. The molecule has 0 spiro atoms. The summed E-state index contributed by atoms with van der Waals surface area (Å²) >= 11 is 0. The van der Waals surface area contributed by atoms with Crippen molar-refractivity contribution in [2.75, 3.05) is 25.0 Å². The molecule has 1 saturated heterocycles. The van der Waals surface area contributed by atoms with E-state index >= 15 is 0 Å². The van der Waals surface area contributed by atoms with Gasteiger partial charge in [-0.3, -0.25) is 0 Å². The van der Waals surface area contributed by atoms with Crippen molar-refractivity contribution in [3.05, 3.63) is 12.0 Å². The molecule has 0 bridgehead atoms. The number of morpholine rings is 1. The maximum absolute atomic E-state index is 5.86. The third-order valence-electron chi connectivity index (χ3n) is 2.74. The molecule has 1 unspecified atom stereocenters. The highest BCUT2D eigenvalue weighted by molar-refractivity contribution is 5.29. The number of anilines is 1. The molecule has 5 heteroatoms. The molecular weight excluding hydrogens is 218 g/mol. The molecule has 1 atom stereocenters. The lowest BCUT2D eigenvalue weighted by Gasteiger charge is -2.40. The van der Waals surface area contributed by atoms with E-state index in [1.54, 1.807) is 6.26 Å². The Labute approximate surface area is 102 Å². The normalized spacial score (nSPS) is 24.0. The number of aromatic nitrogens is 1. The standard InChI is InChI=1S/C12H21N3O2/c1-9-6-15(8-12(2,3)17-9)11-14-10(5-13-4)7-16-11/h7,9,13H,5-6,8H2,1-4H3. The van der Waals surface area contributed by atoms with Gasteiger partial charge in [0.2, 0.25) is 0 Å². The first-order valence-electron chi connectivity index (χ1n) is 6.02. The first-order valence-corrected chi connectivity index (χ1v) is 6.02. The first-order chi connectivity index (χ1) is 8.00. The SMILES string of the molecule is CNCc1coc(N2CC(C)OC(C)(C)C2)n1. The van der Waals surface area contributed by atoms with Crippen LogP contribution in [0.15, 0.2) is 10.7 Å². The van der Waals surface area contributed by atoms with E-state index in [9.17, 15) is 0 Å². The maximum atomic E-state index is 5.86. The van der Waals surface area contributed by atoms with Crippen molar-refractivity contribution in [1.29, 1.82) is 0 Å². The van der Waals surface area contributed by atoms with E-state index in [0.29, 0.717) is 6.01 Å². The number of hydrogen-bond acceptors (Lipinski definition) is 5. The molecule has 5 nitrogen and oxygen atoms in total. The molecule has 0 aliphatic carbocycles. The molecule has 0 saturated carbocycles. The average molecular weight is 239 g/mol. The van der Waals surface area contributed by atoms with Crippen LogP contribution in [0.4, 0.5) is 6.01 Å². The fourth-order valence-corrected chi connectivity index (χ4v) is 2.30. The van der Waals surface area contributed by atoms with Crippen molar-refractivity contribution in [3.8, 4) is 0 Å². The summed E-state index contributed by atoms with van der Waals surface area (Å²) in [5, 5.41) is 3.06. The lowest BCUT2D eigenvalue weighted by molar-refractivity contribution is -0.0761. The van der Waals surface area contributed by atoms with E-state index in [2.05, 4.69) is 36.0 Å². The number of nitrogens with one attached hydrogen (secondary N) is 1. The summed E-state index contributed by atoms with van der Waals surface area (Å²) in [7, 11) is 1.90. The quantitative estimate of drug-likeness (QED) is 0.864. The summed E-state index contributed by atoms with van der Waals surface area (Å²) in [5.41, 5.74) is 0.773. The smallest absolute Gasteiger partial charge is 0.297 e. The molecule has 1 fully saturated rings. The number of oxazole rings is 1. The molecule has 96 valence electrons. The van der Waals surface area contributed by atoms with Gasteiger partial charge in [-0.05, 0) is 27.8 Å². The Morgan fingerprint density at radius 2 is 2.35 bits per heavy atom. The van der Waals surface area contributed by atoms with Crippen molar-refractivity contribution < 1.29 is 9.15 Å². The van der Waals surface area contributed by atoms with Gasteiger partial charge in [-0.1, -0.05) is 0 Å². The van der Waals surface area contributed by atoms with Gasteiger partial charge in [0.15, 0.2) is 0 Å². The number of hydrogen-bond donors (Lipinski definition) is 1. The van der Waals surface area contributed by atoms with Crippen LogP contribution in [-0.2, 0) is 11.3 Å². The van der Waals surface area contributed by atoms with Gasteiger partial charge in [-0.15, -0.1) is 0 Å². The van der Waals surface area contributed by atoms with E-state index < -0.39 is 0 Å². The molecule has 2 heterocycles. The van der Waals surface area contributed by atoms with Crippen LogP contribution in [-0.4, -0.2) is 36.8 Å². The number of ether oxygens (including phenoxy) is 1. The third kappa shape index (κ3) is 2.98. The zero-order chi connectivity index (χ0) is 12.5. The highest BCUT2D eigenvalue weighted by Crippen LogP contribution is 2.25. The van der Waals surface area contributed by atoms with Crippen molar-refractivity contribution >= 4 is 6.01 Å². The second kappa shape index (κ2) is 4.66. The lowest BCUT2D eigenvalue weighted by Crippen LogP contribution is -2.52. The zero-order valence-electron chi connectivity index (χ0n) is 11.0. The van der Waals surface area contributed by atoms with E-state index in [4.69, 9.17) is 9.15 Å². The van der Waals surface area contributed by atoms with Crippen molar-refractivity contribution in [1.82, 2.24) is 10.3 Å². The largest absolute Gasteiger partial charge is 0.432 e. The topological polar surface area (TPSA) is 50.5 Å². The van der Waals surface area contributed by atoms with Gasteiger partial charge in [0.05, 0.1) is 23.9 Å². The molecule has 1 aliphatic rings. The van der Waals surface area contributed by atoms with Crippen LogP contribution in [0.3, 0.4) is 0 Å². The molecule has 2 rings (SSSR count). The molecule has 1 N–H and O–H groups in total. The summed E-state index contributed by atoms with van der Waals surface area (Å²) in [6.07, 6.45) is 1.90. The van der Waals surface area contributed by atoms with Gasteiger partial charge in [-0.25, -0.2) is 0 Å². The fraction of sp³-hybridized carbons (Fsp3) is 0.750. The van der Waals surface area contributed by atoms with E-state index in [1.165, 1.54) is 0 Å². The van der Waals surface area contributed by atoms with Crippen LogP contribution in [0.5, 0.6) is 0 Å². The summed E-state index contributed by atoms with van der Waals surface area (Å²) in [6, 6.07) is 0.693. The highest BCUT2D eigenvalue weighted by atomic mass is 16.5. The van der Waals surface area contributed by atoms with Gasteiger partial charge in [0.1, 0.15) is 6.26 Å². The molecule has 0 radical (unpaired) electrons. The minimum atomic E-state index is -0.157. The highest BCUT2D eigenvalue weighted by Gasteiger charge is 2.33. The minimum Gasteiger partial charge on any atom is -0.432 e. The average Bonchev–Trinajstić information content (AvgIpc) is 2.63. The third-order valence-corrected chi connectivity index (χ3v) is 2.74. The summed E-state index contributed by atoms with van der Waals surface area (Å²) in [5.74, 6) is 0. The second-order valence-electron chi connectivity index (χ2n) is 5.22. The zero-order valence-corrected chi connectivity index (χ0v) is 11.0. The Balaban J connectivity index is 2.10. The molecule has 1 aliphatic heterocycles. The first kappa shape index (κ1) is 12.4. The van der Waals surface area contributed by atoms with E-state index in [1.807, 2.05) is 7.05 Å². The number of rotatable bonds is 3. The Morgan fingerprint density at radius 3 is 3.00 bits per heavy atom. The van der Waals surface area contributed by atoms with Crippen LogP contribution >= 0.6 is 0 Å². The van der Waals surface area contributed by atoms with Crippen LogP contribution in [0, 0.1) is 0 Å². The van der Waals surface area contributed by atoms with Crippen molar-refractivity contribution in [3.63, 3.8) is 0 Å². The Hall–Kier alpha value is -1.07. The van der Waals surface area contributed by atoms with Crippen LogP contribution in [0.1, 0.15) is 26.5 Å². The lowest BCUT2D eigenvalue weighted by atomic mass is 10.1. The monoisotopic (exact) mass is 239 g/mol. The van der Waals surface area contributed by atoms with Gasteiger partial charge in [-0.2, -0.15) is 4.98 Å². The summed E-state index contributed by atoms with van der Waals surface area (Å²) in [6.45, 7) is 8.61. The predicted octanol–water partition coefficient (Wildman–Crippen LogP) is 1.40. The number of nitrogens with zero attached hydrogens (tertiary/aromatic N) is 2. The molecule has 1 aromatic heterocycles. The fourth-order valence-electron chi connectivity index (χ4n) is 2.30. The van der Waals surface area contributed by atoms with Gasteiger partial charge in [0.25, 0.3) is 6.01 Å². The summed E-state index contributed by atoms with van der Waals surface area (Å²) < 4.78 is 11.4. The Kier molecular flexibility index (Phi) is 3.40. The van der Waals surface area contributed by atoms with Crippen molar-refractivity contribution in [2.45, 2.75) is 39.0 Å².